The van der Waals surface area contributed by atoms with Crippen molar-refractivity contribution in [1.82, 2.24) is 0 Å². The summed E-state index contributed by atoms with van der Waals surface area (Å²) in [5.74, 6) is 0.0746. The molecular weight excluding hydrogens is 192 g/mol. The molecule has 1 fully saturated rings. The maximum Gasteiger partial charge on any atom is 0.167 e. The molecule has 15 heavy (non-hydrogen) atoms. The molecule has 0 bridgehead atoms. The number of Topliss-reactive ketones (excluding diaryl/α,β-unsaturated/α-hetero) is 1. The Bertz CT molecular complexity index is 354. The molecule has 1 aromatic rings. The molecule has 0 spiro atoms. The molecule has 1 aliphatic rings. The molecule has 3 nitrogen and oxygen atoms in total. The average Bonchev–Trinajstić information content (AvgIpc) is 2.70. The van der Waals surface area contributed by atoms with Gasteiger partial charge in [-0.1, -0.05) is 23.8 Å². The Kier molecular flexibility index (Phi) is 3.14. The van der Waals surface area contributed by atoms with Crippen molar-refractivity contribution in [1.29, 1.82) is 0 Å². The van der Waals surface area contributed by atoms with E-state index in [-0.39, 0.29) is 12.1 Å². The van der Waals surface area contributed by atoms with Gasteiger partial charge < -0.3 is 9.47 Å². The molecule has 0 amide bonds. The summed E-state index contributed by atoms with van der Waals surface area (Å²) in [7, 11) is 0. The summed E-state index contributed by atoms with van der Waals surface area (Å²) >= 11 is 0. The monoisotopic (exact) mass is 206 g/mol. The Hall–Kier alpha value is -1.19. The molecule has 80 valence electrons. The van der Waals surface area contributed by atoms with Crippen molar-refractivity contribution in [2.24, 2.45) is 0 Å². The lowest BCUT2D eigenvalue weighted by atomic mass is 10.1. The Morgan fingerprint density at radius 2 is 2.13 bits per heavy atom. The second kappa shape index (κ2) is 4.55. The molecule has 3 heteroatoms. The SMILES string of the molecule is Cc1cccc(C(=O)CC2OCCO2)c1. The Balaban J connectivity index is 2.01. The quantitative estimate of drug-likeness (QED) is 0.709. The van der Waals surface area contributed by atoms with Crippen LogP contribution in [0.3, 0.4) is 0 Å². The first kappa shape index (κ1) is 10.3. The molecular formula is C12H14O3. The van der Waals surface area contributed by atoms with E-state index in [2.05, 4.69) is 0 Å². The van der Waals surface area contributed by atoms with E-state index in [9.17, 15) is 4.79 Å². The van der Waals surface area contributed by atoms with Crippen LogP contribution in [-0.4, -0.2) is 25.3 Å². The highest BCUT2D eigenvalue weighted by Gasteiger charge is 2.20. The smallest absolute Gasteiger partial charge is 0.167 e. The van der Waals surface area contributed by atoms with Gasteiger partial charge in [-0.25, -0.2) is 0 Å². The fourth-order valence-corrected chi connectivity index (χ4v) is 1.61. The maximum atomic E-state index is 11.8. The summed E-state index contributed by atoms with van der Waals surface area (Å²) in [5.41, 5.74) is 1.82. The highest BCUT2D eigenvalue weighted by molar-refractivity contribution is 5.96. The summed E-state index contributed by atoms with van der Waals surface area (Å²) < 4.78 is 10.5. The number of ether oxygens (including phenoxy) is 2. The van der Waals surface area contributed by atoms with Gasteiger partial charge in [0, 0.05) is 5.56 Å². The lowest BCUT2D eigenvalue weighted by Crippen LogP contribution is -2.14. The molecule has 2 rings (SSSR count). The largest absolute Gasteiger partial charge is 0.350 e. The molecule has 0 aliphatic carbocycles. The number of carbonyl (C=O) groups is 1. The third kappa shape index (κ3) is 2.64. The zero-order valence-electron chi connectivity index (χ0n) is 8.73. The first-order chi connectivity index (χ1) is 7.25. The standard InChI is InChI=1S/C12H14O3/c1-9-3-2-4-10(7-9)11(13)8-12-14-5-6-15-12/h2-4,7,12H,5-6,8H2,1H3. The van der Waals surface area contributed by atoms with Crippen LogP contribution in [0, 0.1) is 6.92 Å². The van der Waals surface area contributed by atoms with E-state index in [1.54, 1.807) is 0 Å². The molecule has 0 N–H and O–H groups in total. The van der Waals surface area contributed by atoms with Gasteiger partial charge in [0.25, 0.3) is 0 Å². The molecule has 0 aromatic heterocycles. The number of hydrogen-bond donors (Lipinski definition) is 0. The summed E-state index contributed by atoms with van der Waals surface area (Å²) in [6.45, 7) is 3.15. The number of ketones is 1. The fraction of sp³-hybridized carbons (Fsp3) is 0.417. The van der Waals surface area contributed by atoms with E-state index in [0.717, 1.165) is 11.1 Å². The van der Waals surface area contributed by atoms with Crippen LogP contribution in [0.2, 0.25) is 0 Å². The van der Waals surface area contributed by atoms with Crippen LogP contribution < -0.4 is 0 Å². The third-order valence-corrected chi connectivity index (χ3v) is 2.38. The van der Waals surface area contributed by atoms with E-state index in [1.165, 1.54) is 0 Å². The minimum absolute atomic E-state index is 0.0746. The number of rotatable bonds is 3. The minimum atomic E-state index is -0.349. The van der Waals surface area contributed by atoms with Crippen LogP contribution in [-0.2, 0) is 9.47 Å². The maximum absolute atomic E-state index is 11.8. The van der Waals surface area contributed by atoms with E-state index >= 15 is 0 Å². The molecule has 1 saturated heterocycles. The van der Waals surface area contributed by atoms with Gasteiger partial charge in [0.15, 0.2) is 12.1 Å². The predicted octanol–water partition coefficient (Wildman–Crippen LogP) is 1.94. The van der Waals surface area contributed by atoms with Crippen molar-refractivity contribution in [3.8, 4) is 0 Å². The van der Waals surface area contributed by atoms with E-state index in [4.69, 9.17) is 9.47 Å². The van der Waals surface area contributed by atoms with Crippen molar-refractivity contribution in [2.45, 2.75) is 19.6 Å². The van der Waals surface area contributed by atoms with Crippen LogP contribution >= 0.6 is 0 Å². The van der Waals surface area contributed by atoms with E-state index in [0.29, 0.717) is 19.6 Å². The average molecular weight is 206 g/mol. The van der Waals surface area contributed by atoms with Crippen LogP contribution in [0.4, 0.5) is 0 Å². The van der Waals surface area contributed by atoms with Crippen molar-refractivity contribution >= 4 is 5.78 Å². The second-order valence-electron chi connectivity index (χ2n) is 3.67. The Morgan fingerprint density at radius 1 is 1.40 bits per heavy atom. The van der Waals surface area contributed by atoms with Crippen molar-refractivity contribution in [3.05, 3.63) is 35.4 Å². The van der Waals surface area contributed by atoms with Gasteiger partial charge in [-0.2, -0.15) is 0 Å². The van der Waals surface area contributed by atoms with E-state index in [1.807, 2.05) is 31.2 Å². The summed E-state index contributed by atoms with van der Waals surface area (Å²) in [4.78, 5) is 11.8. The summed E-state index contributed by atoms with van der Waals surface area (Å²) in [6.07, 6.45) is -0.0401. The van der Waals surface area contributed by atoms with Crippen LogP contribution in [0.25, 0.3) is 0 Å². The third-order valence-electron chi connectivity index (χ3n) is 2.38. The van der Waals surface area contributed by atoms with Crippen molar-refractivity contribution in [3.63, 3.8) is 0 Å². The van der Waals surface area contributed by atoms with Crippen molar-refractivity contribution in [2.75, 3.05) is 13.2 Å². The number of hydrogen-bond acceptors (Lipinski definition) is 3. The molecule has 0 radical (unpaired) electrons. The first-order valence-corrected chi connectivity index (χ1v) is 5.09. The highest BCUT2D eigenvalue weighted by atomic mass is 16.7. The molecule has 1 aliphatic heterocycles. The van der Waals surface area contributed by atoms with Crippen LogP contribution in [0.1, 0.15) is 22.3 Å². The van der Waals surface area contributed by atoms with Crippen LogP contribution in [0.5, 0.6) is 0 Å². The van der Waals surface area contributed by atoms with Gasteiger partial charge in [-0.05, 0) is 13.0 Å². The van der Waals surface area contributed by atoms with Gasteiger partial charge in [0.2, 0.25) is 0 Å². The molecule has 0 saturated carbocycles. The summed E-state index contributed by atoms with van der Waals surface area (Å²) in [5, 5.41) is 0. The Morgan fingerprint density at radius 3 is 2.80 bits per heavy atom. The van der Waals surface area contributed by atoms with Gasteiger partial charge >= 0.3 is 0 Å². The number of carbonyl (C=O) groups excluding carboxylic acids is 1. The normalized spacial score (nSPS) is 16.9. The lowest BCUT2D eigenvalue weighted by molar-refractivity contribution is -0.0407. The number of benzene rings is 1. The van der Waals surface area contributed by atoms with Gasteiger partial charge in [-0.3, -0.25) is 4.79 Å². The van der Waals surface area contributed by atoms with Crippen molar-refractivity contribution < 1.29 is 14.3 Å². The zero-order chi connectivity index (χ0) is 10.7. The van der Waals surface area contributed by atoms with E-state index < -0.39 is 0 Å². The van der Waals surface area contributed by atoms with Gasteiger partial charge in [0.05, 0.1) is 19.6 Å². The first-order valence-electron chi connectivity index (χ1n) is 5.09. The number of aryl methyl sites for hydroxylation is 1. The zero-order valence-corrected chi connectivity index (χ0v) is 8.73. The fourth-order valence-electron chi connectivity index (χ4n) is 1.61. The second-order valence-corrected chi connectivity index (χ2v) is 3.67. The van der Waals surface area contributed by atoms with Crippen LogP contribution in [0.15, 0.2) is 24.3 Å². The molecule has 0 atom stereocenters. The summed E-state index contributed by atoms with van der Waals surface area (Å²) in [6, 6.07) is 7.57. The highest BCUT2D eigenvalue weighted by Crippen LogP contribution is 2.13. The predicted molar refractivity (Wildman–Crippen MR) is 55.8 cm³/mol. The van der Waals surface area contributed by atoms with Gasteiger partial charge in [-0.15, -0.1) is 0 Å². The Labute approximate surface area is 89.0 Å². The molecule has 0 unspecified atom stereocenters. The molecule has 1 aromatic carbocycles. The van der Waals surface area contributed by atoms with Gasteiger partial charge in [0.1, 0.15) is 0 Å². The molecule has 1 heterocycles. The lowest BCUT2D eigenvalue weighted by Gasteiger charge is -2.07. The topological polar surface area (TPSA) is 35.5 Å². The minimum Gasteiger partial charge on any atom is -0.350 e.